The number of unbranched alkanes of at least 4 members (excludes halogenated alkanes) is 3. The Hall–Kier alpha value is -6.78. The monoisotopic (exact) mass is 856 g/mol. The first-order valence-corrected chi connectivity index (χ1v) is 21.6. The second-order valence-electron chi connectivity index (χ2n) is 15.3. The van der Waals surface area contributed by atoms with Gasteiger partial charge in [0.1, 0.15) is 5.75 Å². The number of fused-ring (bicyclic) bond motifs is 3. The molecule has 16 heteroatoms. The molecule has 0 aliphatic carbocycles. The molecule has 1 aliphatic heterocycles. The zero-order chi connectivity index (χ0) is 44.0. The number of carbonyl (C=O) groups excluding carboxylic acids is 3. The summed E-state index contributed by atoms with van der Waals surface area (Å²) >= 11 is 0. The van der Waals surface area contributed by atoms with E-state index in [4.69, 9.17) is 39.0 Å². The molecule has 0 saturated carbocycles. The number of imidazole rings is 3. The first-order chi connectivity index (χ1) is 30.7. The Balaban J connectivity index is 1.18. The smallest absolute Gasteiger partial charge is 0.420 e. The maximum absolute atomic E-state index is 13.7. The number of likely N-dealkylation sites (N-methyl/N-ethyl adjacent to an activating group) is 1. The molecule has 16 nitrogen and oxygen atoms in total. The highest BCUT2D eigenvalue weighted by Crippen LogP contribution is 2.35. The topological polar surface area (TPSA) is 168 Å². The van der Waals surface area contributed by atoms with E-state index in [1.54, 1.807) is 57.2 Å². The van der Waals surface area contributed by atoms with Gasteiger partial charge in [-0.05, 0) is 126 Å². The van der Waals surface area contributed by atoms with Gasteiger partial charge in [-0.3, -0.25) is 0 Å². The van der Waals surface area contributed by atoms with Crippen molar-refractivity contribution in [2.45, 2.75) is 46.5 Å². The molecule has 1 aliphatic rings. The summed E-state index contributed by atoms with van der Waals surface area (Å²) in [5, 5.41) is 9.02. The van der Waals surface area contributed by atoms with E-state index in [0.717, 1.165) is 57.5 Å². The third kappa shape index (κ3) is 8.81. The van der Waals surface area contributed by atoms with E-state index in [-0.39, 0.29) is 26.4 Å². The number of hydrogen-bond acceptors (Lipinski definition) is 13. The average molecular weight is 857 g/mol. The van der Waals surface area contributed by atoms with E-state index in [9.17, 15) is 14.4 Å². The second-order valence-corrected chi connectivity index (χ2v) is 15.3. The van der Waals surface area contributed by atoms with Gasteiger partial charge in [-0.25, -0.2) is 43.0 Å². The fourth-order valence-corrected chi connectivity index (χ4v) is 7.93. The van der Waals surface area contributed by atoms with Gasteiger partial charge in [-0.1, -0.05) is 6.42 Å². The summed E-state index contributed by atoms with van der Waals surface area (Å²) in [6.45, 7) is 10.1. The molecule has 7 aromatic rings. The van der Waals surface area contributed by atoms with E-state index < -0.39 is 18.3 Å². The first kappa shape index (κ1) is 42.9. The van der Waals surface area contributed by atoms with Gasteiger partial charge in [-0.2, -0.15) is 0 Å². The Morgan fingerprint density at radius 3 is 1.49 bits per heavy atom. The van der Waals surface area contributed by atoms with Crippen molar-refractivity contribution in [3.05, 3.63) is 78.9 Å². The molecule has 1 saturated heterocycles. The number of hydrogen-bond donors (Lipinski definition) is 1. The minimum atomic E-state index is -0.622. The SMILES string of the molecule is CCOC(=O)n1c(-c2ccc(OCCCCCCO)cc2)nc2cc(-c3nc4cc(-c5nc6cc(N7CCN(C)CC7)ccc6n5C(=O)OCC)ccc4n3C(=O)OCC)ccc21. The number of anilines is 1. The van der Waals surface area contributed by atoms with Crippen LogP contribution < -0.4 is 9.64 Å². The highest BCUT2D eigenvalue weighted by atomic mass is 16.6. The number of aliphatic hydroxyl groups is 1. The van der Waals surface area contributed by atoms with E-state index in [1.807, 2.05) is 42.5 Å². The molecule has 4 heterocycles. The molecule has 1 N–H and O–H groups in total. The standard InChI is InChI=1S/C47H52N8O8/c1-5-60-45(57)53-39-19-14-32(28-36(39)48-42(53)31-12-17-35(18-13-31)63-27-11-9-8-10-26-56)43-49-37-29-33(15-20-40(37)54(43)46(58)61-6-2)44-50-38-30-34(52-24-22-51(4)23-25-52)16-21-41(38)55(44)47(59)62-7-3/h12-21,28-30,56H,5-11,22-27H2,1-4H3. The van der Waals surface area contributed by atoms with Crippen molar-refractivity contribution in [3.8, 4) is 39.9 Å². The molecule has 0 spiro atoms. The molecular weight excluding hydrogens is 805 g/mol. The normalized spacial score (nSPS) is 13.3. The molecule has 0 bridgehead atoms. The number of nitrogens with zero attached hydrogens (tertiary/aromatic N) is 8. The van der Waals surface area contributed by atoms with E-state index in [0.29, 0.717) is 79.6 Å². The van der Waals surface area contributed by atoms with Gasteiger partial charge < -0.3 is 33.9 Å². The zero-order valence-corrected chi connectivity index (χ0v) is 36.1. The van der Waals surface area contributed by atoms with Crippen LogP contribution in [-0.2, 0) is 14.2 Å². The van der Waals surface area contributed by atoms with Crippen molar-refractivity contribution >= 4 is 57.1 Å². The van der Waals surface area contributed by atoms with Crippen LogP contribution in [0.2, 0.25) is 0 Å². The van der Waals surface area contributed by atoms with Crippen molar-refractivity contribution < 1.29 is 38.4 Å². The van der Waals surface area contributed by atoms with E-state index in [2.05, 4.69) is 16.8 Å². The number of aromatic nitrogens is 6. The predicted molar refractivity (Wildman–Crippen MR) is 241 cm³/mol. The molecule has 328 valence electrons. The predicted octanol–water partition coefficient (Wildman–Crippen LogP) is 8.43. The summed E-state index contributed by atoms with van der Waals surface area (Å²) < 4.78 is 26.8. The summed E-state index contributed by atoms with van der Waals surface area (Å²) in [5.41, 5.74) is 6.02. The quantitative estimate of drug-likeness (QED) is 0.0818. The number of aliphatic hydroxyl groups excluding tert-OH is 1. The van der Waals surface area contributed by atoms with Crippen LogP contribution in [-0.4, -0.2) is 123 Å². The number of rotatable bonds is 14. The lowest BCUT2D eigenvalue weighted by Gasteiger charge is -2.34. The van der Waals surface area contributed by atoms with Crippen molar-refractivity contribution in [2.75, 3.05) is 71.2 Å². The minimum Gasteiger partial charge on any atom is -0.494 e. The van der Waals surface area contributed by atoms with Crippen molar-refractivity contribution in [1.29, 1.82) is 0 Å². The molecular formula is C47H52N8O8. The van der Waals surface area contributed by atoms with Crippen molar-refractivity contribution in [2.24, 2.45) is 0 Å². The van der Waals surface area contributed by atoms with Gasteiger partial charge in [0.2, 0.25) is 0 Å². The molecule has 0 atom stereocenters. The van der Waals surface area contributed by atoms with Gasteiger partial charge in [0.25, 0.3) is 0 Å². The third-order valence-electron chi connectivity index (χ3n) is 11.1. The molecule has 8 rings (SSSR count). The number of piperazine rings is 1. The van der Waals surface area contributed by atoms with Crippen LogP contribution in [0.4, 0.5) is 20.1 Å². The largest absolute Gasteiger partial charge is 0.494 e. The van der Waals surface area contributed by atoms with Gasteiger partial charge in [-0.15, -0.1) is 0 Å². The zero-order valence-electron chi connectivity index (χ0n) is 36.1. The van der Waals surface area contributed by atoms with Gasteiger partial charge in [0.15, 0.2) is 17.5 Å². The summed E-state index contributed by atoms with van der Waals surface area (Å²) in [7, 11) is 2.12. The molecule has 0 radical (unpaired) electrons. The number of benzene rings is 4. The molecule has 0 amide bonds. The van der Waals surface area contributed by atoms with Crippen molar-refractivity contribution in [1.82, 2.24) is 33.6 Å². The molecule has 63 heavy (non-hydrogen) atoms. The maximum Gasteiger partial charge on any atom is 0.420 e. The summed E-state index contributed by atoms with van der Waals surface area (Å²) in [5.74, 6) is 1.74. The van der Waals surface area contributed by atoms with Crippen LogP contribution in [0, 0.1) is 0 Å². The van der Waals surface area contributed by atoms with E-state index >= 15 is 0 Å². The lowest BCUT2D eigenvalue weighted by molar-refractivity contribution is 0.154. The fraction of sp³-hybridized carbons (Fsp3) is 0.362. The lowest BCUT2D eigenvalue weighted by atomic mass is 10.2. The van der Waals surface area contributed by atoms with Gasteiger partial charge >= 0.3 is 18.3 Å². The Kier molecular flexibility index (Phi) is 13.0. The van der Waals surface area contributed by atoms with Crippen LogP contribution in [0.3, 0.4) is 0 Å². The second kappa shape index (κ2) is 19.1. The third-order valence-corrected chi connectivity index (χ3v) is 11.1. The Morgan fingerprint density at radius 2 is 1.00 bits per heavy atom. The first-order valence-electron chi connectivity index (χ1n) is 21.6. The number of carbonyl (C=O) groups is 3. The Labute approximate surface area is 364 Å². The Morgan fingerprint density at radius 1 is 0.556 bits per heavy atom. The van der Waals surface area contributed by atoms with Gasteiger partial charge in [0, 0.05) is 55.2 Å². The molecule has 3 aromatic heterocycles. The van der Waals surface area contributed by atoms with Crippen LogP contribution in [0.15, 0.2) is 78.9 Å². The van der Waals surface area contributed by atoms with Crippen molar-refractivity contribution in [3.63, 3.8) is 0 Å². The highest BCUT2D eigenvalue weighted by molar-refractivity contribution is 5.99. The van der Waals surface area contributed by atoms with E-state index in [1.165, 1.54) is 13.7 Å². The Bertz CT molecular complexity index is 2770. The number of ether oxygens (including phenoxy) is 4. The van der Waals surface area contributed by atoms with Crippen LogP contribution >= 0.6 is 0 Å². The fourth-order valence-electron chi connectivity index (χ4n) is 7.93. The summed E-state index contributed by atoms with van der Waals surface area (Å²) in [6.07, 6.45) is 1.83. The van der Waals surface area contributed by atoms with Crippen LogP contribution in [0.25, 0.3) is 67.3 Å². The van der Waals surface area contributed by atoms with Gasteiger partial charge in [0.05, 0.1) is 59.5 Å². The summed E-state index contributed by atoms with van der Waals surface area (Å²) in [6, 6.07) is 24.0. The molecule has 4 aromatic carbocycles. The molecule has 0 unspecified atom stereocenters. The van der Waals surface area contributed by atoms with Crippen LogP contribution in [0.5, 0.6) is 5.75 Å². The van der Waals surface area contributed by atoms with Crippen LogP contribution in [0.1, 0.15) is 46.5 Å². The summed E-state index contributed by atoms with van der Waals surface area (Å²) in [4.78, 5) is 60.2. The minimum absolute atomic E-state index is 0.135. The maximum atomic E-state index is 13.7. The molecule has 1 fully saturated rings. The lowest BCUT2D eigenvalue weighted by Crippen LogP contribution is -2.44. The average Bonchev–Trinajstić information content (AvgIpc) is 3.99. The highest BCUT2D eigenvalue weighted by Gasteiger charge is 2.26.